The quantitative estimate of drug-likeness (QED) is 0.489. The number of aromatic amines is 1. The zero-order valence-electron chi connectivity index (χ0n) is 17.9. The van der Waals surface area contributed by atoms with E-state index < -0.39 is 5.54 Å². The van der Waals surface area contributed by atoms with Gasteiger partial charge in [0, 0.05) is 40.5 Å². The minimum absolute atomic E-state index is 0.140. The second kappa shape index (κ2) is 8.05. The summed E-state index contributed by atoms with van der Waals surface area (Å²) in [6.07, 6.45) is 3.95. The highest BCUT2D eigenvalue weighted by molar-refractivity contribution is 7.14. The molecular weight excluding hydrogens is 426 g/mol. The zero-order chi connectivity index (χ0) is 22.3. The zero-order valence-corrected chi connectivity index (χ0v) is 18.7. The summed E-state index contributed by atoms with van der Waals surface area (Å²) in [5.41, 5.74) is 3.25. The summed E-state index contributed by atoms with van der Waals surface area (Å²) in [5.74, 6) is -0.316. The van der Waals surface area contributed by atoms with Gasteiger partial charge in [-0.2, -0.15) is 0 Å². The van der Waals surface area contributed by atoms with E-state index in [4.69, 9.17) is 0 Å². The fourth-order valence-corrected chi connectivity index (χ4v) is 5.55. The van der Waals surface area contributed by atoms with Gasteiger partial charge in [0.15, 0.2) is 5.13 Å². The summed E-state index contributed by atoms with van der Waals surface area (Å²) in [5, 5.41) is 9.28. The Morgan fingerprint density at radius 3 is 2.84 bits per heavy atom. The molecule has 8 nitrogen and oxygen atoms in total. The molecule has 2 aromatic heterocycles. The predicted octanol–water partition coefficient (Wildman–Crippen LogP) is 4.18. The number of rotatable bonds is 6. The van der Waals surface area contributed by atoms with Crippen molar-refractivity contribution in [3.05, 3.63) is 35.3 Å². The average Bonchev–Trinajstić information content (AvgIpc) is 3.52. The number of urea groups is 1. The number of aryl methyl sites for hydroxylation is 1. The van der Waals surface area contributed by atoms with Gasteiger partial charge in [0.25, 0.3) is 5.91 Å². The third-order valence-corrected chi connectivity index (χ3v) is 7.15. The van der Waals surface area contributed by atoms with E-state index in [0.717, 1.165) is 40.7 Å². The molecule has 0 atom stereocenters. The van der Waals surface area contributed by atoms with Crippen LogP contribution in [-0.2, 0) is 9.59 Å². The van der Waals surface area contributed by atoms with E-state index in [2.05, 4.69) is 26.7 Å². The maximum atomic E-state index is 12.7. The summed E-state index contributed by atoms with van der Waals surface area (Å²) in [7, 11) is 0. The van der Waals surface area contributed by atoms with Gasteiger partial charge in [-0.25, -0.2) is 9.78 Å². The van der Waals surface area contributed by atoms with Gasteiger partial charge in [0.1, 0.15) is 5.54 Å². The third-order valence-electron chi connectivity index (χ3n) is 6.39. The summed E-state index contributed by atoms with van der Waals surface area (Å²) >= 11 is 1.38. The second-order valence-corrected chi connectivity index (χ2v) is 9.39. The van der Waals surface area contributed by atoms with Crippen molar-refractivity contribution in [3.63, 3.8) is 0 Å². The van der Waals surface area contributed by atoms with Crippen molar-refractivity contribution in [1.82, 2.24) is 20.2 Å². The van der Waals surface area contributed by atoms with Crippen molar-refractivity contribution in [2.45, 2.75) is 51.0 Å². The number of fused-ring (bicyclic) bond motifs is 1. The lowest BCUT2D eigenvalue weighted by Crippen LogP contribution is -2.44. The average molecular weight is 452 g/mol. The lowest BCUT2D eigenvalue weighted by Gasteiger charge is -2.19. The number of hydrogen-bond acceptors (Lipinski definition) is 5. The number of carbonyl (C=O) groups is 3. The van der Waals surface area contributed by atoms with Crippen molar-refractivity contribution >= 4 is 45.2 Å². The number of para-hydroxylation sites is 1. The molecule has 3 aromatic rings. The summed E-state index contributed by atoms with van der Waals surface area (Å²) < 4.78 is 0. The highest BCUT2D eigenvalue weighted by Crippen LogP contribution is 2.35. The number of amides is 4. The van der Waals surface area contributed by atoms with Gasteiger partial charge in [-0.05, 0) is 32.3 Å². The van der Waals surface area contributed by atoms with Crippen LogP contribution >= 0.6 is 11.3 Å². The Hall–Kier alpha value is -3.20. The number of imide groups is 1. The minimum Gasteiger partial charge on any atom is -0.358 e. The van der Waals surface area contributed by atoms with Crippen LogP contribution in [0.5, 0.6) is 0 Å². The van der Waals surface area contributed by atoms with Crippen molar-refractivity contribution in [3.8, 4) is 11.3 Å². The van der Waals surface area contributed by atoms with Crippen LogP contribution in [0.2, 0.25) is 0 Å². The summed E-state index contributed by atoms with van der Waals surface area (Å²) in [6, 6.07) is 7.73. The van der Waals surface area contributed by atoms with Gasteiger partial charge in [-0.1, -0.05) is 31.0 Å². The molecule has 32 heavy (non-hydrogen) atoms. The van der Waals surface area contributed by atoms with Gasteiger partial charge < -0.3 is 15.6 Å². The maximum Gasteiger partial charge on any atom is 0.325 e. The number of benzene rings is 1. The van der Waals surface area contributed by atoms with E-state index in [9.17, 15) is 14.4 Å². The van der Waals surface area contributed by atoms with E-state index in [-0.39, 0.29) is 30.8 Å². The van der Waals surface area contributed by atoms with Crippen LogP contribution in [0.3, 0.4) is 0 Å². The Balaban J connectivity index is 1.18. The van der Waals surface area contributed by atoms with E-state index >= 15 is 0 Å². The molecule has 166 valence electrons. The molecule has 2 fully saturated rings. The molecule has 4 amide bonds. The first-order chi connectivity index (χ1) is 15.5. The predicted molar refractivity (Wildman–Crippen MR) is 123 cm³/mol. The van der Waals surface area contributed by atoms with E-state index in [0.29, 0.717) is 24.4 Å². The van der Waals surface area contributed by atoms with Gasteiger partial charge in [-0.15, -0.1) is 11.3 Å². The number of nitrogens with zero attached hydrogens (tertiary/aromatic N) is 2. The van der Waals surface area contributed by atoms with Gasteiger partial charge in [0.05, 0.1) is 5.69 Å². The fourth-order valence-electron chi connectivity index (χ4n) is 4.83. The lowest BCUT2D eigenvalue weighted by atomic mass is 9.98. The number of hydrogen-bond donors (Lipinski definition) is 3. The Bertz CT molecular complexity index is 1210. The smallest absolute Gasteiger partial charge is 0.325 e. The van der Waals surface area contributed by atoms with Crippen molar-refractivity contribution in [2.24, 2.45) is 0 Å². The fraction of sp³-hybridized carbons (Fsp3) is 0.391. The van der Waals surface area contributed by atoms with Gasteiger partial charge in [-0.3, -0.25) is 14.5 Å². The molecule has 3 heterocycles. The van der Waals surface area contributed by atoms with Crippen LogP contribution in [0.1, 0.15) is 44.2 Å². The number of anilines is 1. The molecule has 1 aliphatic carbocycles. The van der Waals surface area contributed by atoms with Crippen molar-refractivity contribution in [1.29, 1.82) is 0 Å². The number of thiazole rings is 1. The molecule has 0 unspecified atom stereocenters. The number of H-pyrrole nitrogens is 1. The standard InChI is InChI=1S/C23H25N5O3S/c1-14-19(15-7-2-3-8-16(15)24-14)17-13-32-21(25-17)26-18(29)9-6-12-28-20(30)23(27-22(28)31)10-4-5-11-23/h2-3,7-8,13,24H,4-6,9-12H2,1H3,(H,27,31)(H,25,26,29). The topological polar surface area (TPSA) is 107 Å². The number of aromatic nitrogens is 2. The minimum atomic E-state index is -0.697. The largest absolute Gasteiger partial charge is 0.358 e. The monoisotopic (exact) mass is 451 g/mol. The molecule has 0 bridgehead atoms. The molecule has 1 saturated heterocycles. The normalized spacial score (nSPS) is 17.5. The Morgan fingerprint density at radius 2 is 2.03 bits per heavy atom. The number of nitrogens with one attached hydrogen (secondary N) is 3. The van der Waals surface area contributed by atoms with Crippen molar-refractivity contribution < 1.29 is 14.4 Å². The molecule has 5 rings (SSSR count). The molecule has 1 aliphatic heterocycles. The van der Waals surface area contributed by atoms with E-state index in [1.165, 1.54) is 16.2 Å². The number of carbonyl (C=O) groups excluding carboxylic acids is 3. The first-order valence-corrected chi connectivity index (χ1v) is 11.8. The van der Waals surface area contributed by atoms with Crippen LogP contribution < -0.4 is 10.6 Å². The SMILES string of the molecule is Cc1[nH]c2ccccc2c1-c1csc(NC(=O)CCCN2C(=O)NC3(CCCC3)C2=O)n1. The van der Waals surface area contributed by atoms with E-state index in [1.807, 2.05) is 30.5 Å². The molecule has 3 N–H and O–H groups in total. The first kappa shape index (κ1) is 20.7. The molecule has 1 spiro atoms. The van der Waals surface area contributed by atoms with Gasteiger partial charge >= 0.3 is 6.03 Å². The van der Waals surface area contributed by atoms with Crippen LogP contribution in [-0.4, -0.2) is 44.8 Å². The first-order valence-electron chi connectivity index (χ1n) is 10.9. The molecule has 1 aromatic carbocycles. The molecule has 9 heteroatoms. The second-order valence-electron chi connectivity index (χ2n) is 8.54. The Labute approximate surface area is 189 Å². The van der Waals surface area contributed by atoms with Gasteiger partial charge in [0.2, 0.25) is 5.91 Å². The summed E-state index contributed by atoms with van der Waals surface area (Å²) in [6.45, 7) is 2.26. The molecule has 2 aliphatic rings. The van der Waals surface area contributed by atoms with E-state index in [1.54, 1.807) is 0 Å². The van der Waals surface area contributed by atoms with Crippen LogP contribution in [0.25, 0.3) is 22.2 Å². The van der Waals surface area contributed by atoms with Crippen LogP contribution in [0.4, 0.5) is 9.93 Å². The molecular formula is C23H25N5O3S. The Kier molecular flexibility index (Phi) is 5.21. The molecule has 0 radical (unpaired) electrons. The highest BCUT2D eigenvalue weighted by atomic mass is 32.1. The van der Waals surface area contributed by atoms with Crippen LogP contribution in [0.15, 0.2) is 29.6 Å². The highest BCUT2D eigenvalue weighted by Gasteiger charge is 2.52. The maximum absolute atomic E-state index is 12.7. The lowest BCUT2D eigenvalue weighted by molar-refractivity contribution is -0.131. The van der Waals surface area contributed by atoms with Crippen molar-refractivity contribution in [2.75, 3.05) is 11.9 Å². The third kappa shape index (κ3) is 3.56. The molecule has 1 saturated carbocycles. The van der Waals surface area contributed by atoms with Crippen LogP contribution in [0, 0.1) is 6.92 Å². The Morgan fingerprint density at radius 1 is 1.25 bits per heavy atom. The summed E-state index contributed by atoms with van der Waals surface area (Å²) in [4.78, 5) is 46.6.